The molecule has 1 N–H and O–H groups in total. The van der Waals surface area contributed by atoms with E-state index in [0.29, 0.717) is 13.0 Å². The van der Waals surface area contributed by atoms with Gasteiger partial charge in [-0.25, -0.2) is 0 Å². The van der Waals surface area contributed by atoms with Crippen LogP contribution in [0.1, 0.15) is 18.9 Å². The summed E-state index contributed by atoms with van der Waals surface area (Å²) in [5, 5.41) is 2.82. The molecule has 6 nitrogen and oxygen atoms in total. The first-order chi connectivity index (χ1) is 10.5. The number of rotatable bonds is 5. The number of carbonyl (C=O) groups excluding carboxylic acids is 2. The molecule has 0 fully saturated rings. The normalized spacial score (nSPS) is 17.7. The average molecular weight is 307 g/mol. The molecule has 1 heterocycles. The average Bonchev–Trinajstić information content (AvgIpc) is 2.53. The van der Waals surface area contributed by atoms with Crippen molar-refractivity contribution in [2.75, 3.05) is 20.8 Å². The zero-order chi connectivity index (χ0) is 16.1. The molecule has 120 valence electrons. The molecule has 0 radical (unpaired) electrons. The van der Waals surface area contributed by atoms with Gasteiger partial charge in [0.05, 0.1) is 26.6 Å². The van der Waals surface area contributed by atoms with E-state index in [1.807, 2.05) is 18.2 Å². The number of carbonyl (C=O) groups is 2. The highest BCUT2D eigenvalue weighted by Gasteiger charge is 2.27. The molecule has 0 saturated heterocycles. The van der Waals surface area contributed by atoms with Crippen molar-refractivity contribution in [1.82, 2.24) is 5.32 Å². The van der Waals surface area contributed by atoms with E-state index in [-0.39, 0.29) is 30.3 Å². The lowest BCUT2D eigenvalue weighted by Gasteiger charge is -2.26. The van der Waals surface area contributed by atoms with Crippen LogP contribution in [0.2, 0.25) is 0 Å². The predicted molar refractivity (Wildman–Crippen MR) is 79.9 cm³/mol. The smallest absolute Gasteiger partial charge is 0.307 e. The van der Waals surface area contributed by atoms with Crippen LogP contribution in [-0.4, -0.2) is 38.7 Å². The van der Waals surface area contributed by atoms with Gasteiger partial charge in [-0.3, -0.25) is 9.59 Å². The SMILES string of the molecule is COC(=O)C[C@H](C)NC(=O)[C@@H]1COc2cc(OC)ccc2C1. The van der Waals surface area contributed by atoms with Gasteiger partial charge in [0.1, 0.15) is 18.1 Å². The molecule has 22 heavy (non-hydrogen) atoms. The highest BCUT2D eigenvalue weighted by molar-refractivity contribution is 5.80. The van der Waals surface area contributed by atoms with Crippen LogP contribution in [0, 0.1) is 5.92 Å². The molecule has 1 aromatic rings. The van der Waals surface area contributed by atoms with E-state index in [1.54, 1.807) is 14.0 Å². The first-order valence-corrected chi connectivity index (χ1v) is 7.20. The first kappa shape index (κ1) is 16.1. The summed E-state index contributed by atoms with van der Waals surface area (Å²) in [6.07, 6.45) is 0.764. The zero-order valence-corrected chi connectivity index (χ0v) is 13.0. The van der Waals surface area contributed by atoms with Crippen molar-refractivity contribution in [2.45, 2.75) is 25.8 Å². The standard InChI is InChI=1S/C16H21NO5/c1-10(6-15(18)21-3)17-16(19)12-7-11-4-5-13(20-2)8-14(11)22-9-12/h4-5,8,10,12H,6-7,9H2,1-3H3,(H,17,19)/t10-,12-/m0/s1. The Labute approximate surface area is 129 Å². The van der Waals surface area contributed by atoms with Gasteiger partial charge in [-0.1, -0.05) is 6.07 Å². The fourth-order valence-electron chi connectivity index (χ4n) is 2.39. The quantitative estimate of drug-likeness (QED) is 0.830. The van der Waals surface area contributed by atoms with E-state index in [1.165, 1.54) is 7.11 Å². The Morgan fingerprint density at radius 1 is 1.41 bits per heavy atom. The molecule has 0 saturated carbocycles. The fourth-order valence-corrected chi connectivity index (χ4v) is 2.39. The highest BCUT2D eigenvalue weighted by Crippen LogP contribution is 2.31. The summed E-state index contributed by atoms with van der Waals surface area (Å²) in [5.41, 5.74) is 0.979. The minimum atomic E-state index is -0.342. The largest absolute Gasteiger partial charge is 0.497 e. The van der Waals surface area contributed by atoms with Gasteiger partial charge >= 0.3 is 5.97 Å². The number of hydrogen-bond donors (Lipinski definition) is 1. The van der Waals surface area contributed by atoms with E-state index < -0.39 is 0 Å². The van der Waals surface area contributed by atoms with Gasteiger partial charge in [-0.2, -0.15) is 0 Å². The highest BCUT2D eigenvalue weighted by atomic mass is 16.5. The molecule has 1 aliphatic heterocycles. The third-order valence-electron chi connectivity index (χ3n) is 3.64. The molecule has 2 atom stereocenters. The molecular weight excluding hydrogens is 286 g/mol. The van der Waals surface area contributed by atoms with Crippen molar-refractivity contribution in [1.29, 1.82) is 0 Å². The van der Waals surface area contributed by atoms with E-state index >= 15 is 0 Å². The molecule has 6 heteroatoms. The van der Waals surface area contributed by atoms with E-state index in [2.05, 4.69) is 10.1 Å². The maximum Gasteiger partial charge on any atom is 0.307 e. The monoisotopic (exact) mass is 307 g/mol. The molecule has 0 unspecified atom stereocenters. The Morgan fingerprint density at radius 2 is 2.18 bits per heavy atom. The van der Waals surface area contributed by atoms with Crippen molar-refractivity contribution in [3.8, 4) is 11.5 Å². The van der Waals surface area contributed by atoms with Crippen LogP contribution in [0.3, 0.4) is 0 Å². The molecule has 1 aromatic carbocycles. The van der Waals surface area contributed by atoms with Gasteiger partial charge in [0.15, 0.2) is 0 Å². The number of nitrogens with one attached hydrogen (secondary N) is 1. The summed E-state index contributed by atoms with van der Waals surface area (Å²) in [5.74, 6) is 0.767. The van der Waals surface area contributed by atoms with Crippen molar-refractivity contribution >= 4 is 11.9 Å². The number of methoxy groups -OCH3 is 2. The molecule has 1 amide bonds. The lowest BCUT2D eigenvalue weighted by atomic mass is 9.95. The maximum absolute atomic E-state index is 12.2. The lowest BCUT2D eigenvalue weighted by molar-refractivity contribution is -0.141. The summed E-state index contributed by atoms with van der Waals surface area (Å²) >= 11 is 0. The second kappa shape index (κ2) is 7.15. The third-order valence-corrected chi connectivity index (χ3v) is 3.64. The van der Waals surface area contributed by atoms with Gasteiger partial charge in [-0.15, -0.1) is 0 Å². The van der Waals surface area contributed by atoms with E-state index in [0.717, 1.165) is 17.1 Å². The Bertz CT molecular complexity index is 557. The van der Waals surface area contributed by atoms with E-state index in [4.69, 9.17) is 9.47 Å². The number of benzene rings is 1. The molecule has 0 spiro atoms. The van der Waals surface area contributed by atoms with Crippen molar-refractivity contribution in [3.05, 3.63) is 23.8 Å². The van der Waals surface area contributed by atoms with Crippen molar-refractivity contribution in [2.24, 2.45) is 5.92 Å². The van der Waals surface area contributed by atoms with Crippen molar-refractivity contribution in [3.63, 3.8) is 0 Å². The molecule has 0 aliphatic carbocycles. The topological polar surface area (TPSA) is 73.9 Å². The number of fused-ring (bicyclic) bond motifs is 1. The summed E-state index contributed by atoms with van der Waals surface area (Å²) in [4.78, 5) is 23.4. The van der Waals surface area contributed by atoms with E-state index in [9.17, 15) is 9.59 Å². The number of esters is 1. The van der Waals surface area contributed by atoms with Gasteiger partial charge in [0.25, 0.3) is 0 Å². The maximum atomic E-state index is 12.2. The Kier molecular flexibility index (Phi) is 5.25. The predicted octanol–water partition coefficient (Wildman–Crippen LogP) is 1.31. The summed E-state index contributed by atoms with van der Waals surface area (Å²) in [6.45, 7) is 2.09. The number of hydrogen-bond acceptors (Lipinski definition) is 5. The number of ether oxygens (including phenoxy) is 3. The Hall–Kier alpha value is -2.24. The van der Waals surface area contributed by atoms with Gasteiger partial charge < -0.3 is 19.5 Å². The van der Waals surface area contributed by atoms with Crippen LogP contribution in [-0.2, 0) is 20.7 Å². The van der Waals surface area contributed by atoms with Crippen LogP contribution in [0.5, 0.6) is 11.5 Å². The number of amides is 1. The van der Waals surface area contributed by atoms with Crippen LogP contribution in [0.4, 0.5) is 0 Å². The fraction of sp³-hybridized carbons (Fsp3) is 0.500. The molecular formula is C16H21NO5. The minimum Gasteiger partial charge on any atom is -0.497 e. The van der Waals surface area contributed by atoms with Crippen LogP contribution >= 0.6 is 0 Å². The molecule has 0 bridgehead atoms. The minimum absolute atomic E-state index is 0.113. The zero-order valence-electron chi connectivity index (χ0n) is 13.0. The van der Waals surface area contributed by atoms with Crippen LogP contribution in [0.25, 0.3) is 0 Å². The Morgan fingerprint density at radius 3 is 2.86 bits per heavy atom. The van der Waals surface area contributed by atoms with Crippen LogP contribution < -0.4 is 14.8 Å². The third kappa shape index (κ3) is 3.90. The molecule has 1 aliphatic rings. The van der Waals surface area contributed by atoms with Crippen molar-refractivity contribution < 1.29 is 23.8 Å². The van der Waals surface area contributed by atoms with Gasteiger partial charge in [0, 0.05) is 12.1 Å². The Balaban J connectivity index is 1.94. The second-order valence-electron chi connectivity index (χ2n) is 5.38. The summed E-state index contributed by atoms with van der Waals surface area (Å²) < 4.78 is 15.4. The van der Waals surface area contributed by atoms with Gasteiger partial charge in [0.2, 0.25) is 5.91 Å². The first-order valence-electron chi connectivity index (χ1n) is 7.20. The molecule has 0 aromatic heterocycles. The lowest BCUT2D eigenvalue weighted by Crippen LogP contribution is -2.42. The van der Waals surface area contributed by atoms with Crippen LogP contribution in [0.15, 0.2) is 18.2 Å². The second-order valence-corrected chi connectivity index (χ2v) is 5.38. The summed E-state index contributed by atoms with van der Waals surface area (Å²) in [6, 6.07) is 5.31. The molecule has 2 rings (SSSR count). The van der Waals surface area contributed by atoms with Gasteiger partial charge in [-0.05, 0) is 25.0 Å². The summed E-state index contributed by atoms with van der Waals surface area (Å²) in [7, 11) is 2.93.